The van der Waals surface area contributed by atoms with Crippen molar-refractivity contribution in [2.75, 3.05) is 12.3 Å². The van der Waals surface area contributed by atoms with E-state index in [1.54, 1.807) is 6.20 Å². The number of nitrogens with one attached hydrogen (secondary N) is 1. The van der Waals surface area contributed by atoms with Gasteiger partial charge in [-0.15, -0.1) is 0 Å². The highest BCUT2D eigenvalue weighted by Crippen LogP contribution is 2.21. The monoisotopic (exact) mass is 163 g/mol. The van der Waals surface area contributed by atoms with E-state index in [1.165, 1.54) is 12.8 Å². The lowest BCUT2D eigenvalue weighted by Gasteiger charge is -2.08. The maximum Gasteiger partial charge on any atom is 0.0593 e. The van der Waals surface area contributed by atoms with Gasteiger partial charge in [0, 0.05) is 17.9 Å². The fourth-order valence-corrected chi connectivity index (χ4v) is 1.59. The van der Waals surface area contributed by atoms with E-state index in [9.17, 15) is 0 Å². The van der Waals surface area contributed by atoms with Gasteiger partial charge in [-0.2, -0.15) is 0 Å². The first-order valence-corrected chi connectivity index (χ1v) is 4.31. The summed E-state index contributed by atoms with van der Waals surface area (Å²) in [7, 11) is 0. The minimum Gasteiger partial charge on any atom is -0.399 e. The topological polar surface area (TPSA) is 50.9 Å². The molecule has 1 fully saturated rings. The highest BCUT2D eigenvalue weighted by Gasteiger charge is 2.16. The van der Waals surface area contributed by atoms with Crippen LogP contribution >= 0.6 is 0 Å². The van der Waals surface area contributed by atoms with Crippen molar-refractivity contribution in [3.8, 4) is 0 Å². The molecule has 3 nitrogen and oxygen atoms in total. The summed E-state index contributed by atoms with van der Waals surface area (Å²) >= 11 is 0. The van der Waals surface area contributed by atoms with Crippen LogP contribution in [0.3, 0.4) is 0 Å². The minimum absolute atomic E-state index is 0.425. The second kappa shape index (κ2) is 3.11. The van der Waals surface area contributed by atoms with Gasteiger partial charge in [-0.3, -0.25) is 4.98 Å². The average Bonchev–Trinajstić information content (AvgIpc) is 2.56. The lowest BCUT2D eigenvalue weighted by molar-refractivity contribution is 0.628. The van der Waals surface area contributed by atoms with Crippen LogP contribution in [-0.4, -0.2) is 11.5 Å². The quantitative estimate of drug-likeness (QED) is 0.651. The number of nitrogen functional groups attached to an aromatic ring is 1. The second-order valence-corrected chi connectivity index (χ2v) is 3.16. The van der Waals surface area contributed by atoms with E-state index in [0.29, 0.717) is 6.04 Å². The van der Waals surface area contributed by atoms with Crippen LogP contribution in [0.5, 0.6) is 0 Å². The van der Waals surface area contributed by atoms with Gasteiger partial charge in [0.2, 0.25) is 0 Å². The summed E-state index contributed by atoms with van der Waals surface area (Å²) in [5.41, 5.74) is 7.53. The Kier molecular flexibility index (Phi) is 1.96. The van der Waals surface area contributed by atoms with Crippen molar-refractivity contribution >= 4 is 5.69 Å². The Morgan fingerprint density at radius 3 is 3.17 bits per heavy atom. The van der Waals surface area contributed by atoms with Gasteiger partial charge in [0.15, 0.2) is 0 Å². The Balaban J connectivity index is 2.21. The number of aromatic nitrogens is 1. The Hall–Kier alpha value is -1.09. The minimum atomic E-state index is 0.425. The van der Waals surface area contributed by atoms with Crippen molar-refractivity contribution in [1.29, 1.82) is 0 Å². The SMILES string of the molecule is Nc1ccnc([C@H]2CCCN2)c1. The molecule has 1 saturated heterocycles. The zero-order valence-corrected chi connectivity index (χ0v) is 6.96. The number of anilines is 1. The van der Waals surface area contributed by atoms with Crippen molar-refractivity contribution in [2.24, 2.45) is 0 Å². The molecule has 0 radical (unpaired) electrons. The third kappa shape index (κ3) is 1.41. The zero-order chi connectivity index (χ0) is 8.39. The van der Waals surface area contributed by atoms with Crippen LogP contribution in [0.2, 0.25) is 0 Å². The summed E-state index contributed by atoms with van der Waals surface area (Å²) in [5.74, 6) is 0. The Morgan fingerprint density at radius 1 is 1.58 bits per heavy atom. The molecule has 1 aromatic rings. The molecule has 0 saturated carbocycles. The van der Waals surface area contributed by atoms with Gasteiger partial charge >= 0.3 is 0 Å². The smallest absolute Gasteiger partial charge is 0.0593 e. The first-order chi connectivity index (χ1) is 5.86. The Morgan fingerprint density at radius 2 is 2.50 bits per heavy atom. The number of nitrogens with zero attached hydrogens (tertiary/aromatic N) is 1. The molecule has 0 amide bonds. The molecule has 0 unspecified atom stereocenters. The summed E-state index contributed by atoms with van der Waals surface area (Å²) in [6.45, 7) is 1.10. The lowest BCUT2D eigenvalue weighted by atomic mass is 10.1. The maximum atomic E-state index is 5.66. The number of nitrogens with two attached hydrogens (primary N) is 1. The molecule has 64 valence electrons. The molecule has 1 aliphatic heterocycles. The summed E-state index contributed by atoms with van der Waals surface area (Å²) in [6, 6.07) is 4.19. The first kappa shape index (κ1) is 7.55. The zero-order valence-electron chi connectivity index (χ0n) is 6.96. The molecule has 3 N–H and O–H groups in total. The molecule has 2 heterocycles. The van der Waals surface area contributed by atoms with E-state index in [-0.39, 0.29) is 0 Å². The van der Waals surface area contributed by atoms with Crippen LogP contribution in [0.15, 0.2) is 18.3 Å². The van der Waals surface area contributed by atoms with Crippen molar-refractivity contribution in [3.05, 3.63) is 24.0 Å². The van der Waals surface area contributed by atoms with Gasteiger partial charge in [-0.1, -0.05) is 0 Å². The first-order valence-electron chi connectivity index (χ1n) is 4.31. The average molecular weight is 163 g/mol. The molecular weight excluding hydrogens is 150 g/mol. The molecule has 0 aliphatic carbocycles. The summed E-state index contributed by atoms with van der Waals surface area (Å²) in [5, 5.41) is 3.38. The van der Waals surface area contributed by atoms with Gasteiger partial charge in [0.25, 0.3) is 0 Å². The third-order valence-electron chi connectivity index (χ3n) is 2.22. The van der Waals surface area contributed by atoms with Crippen molar-refractivity contribution in [2.45, 2.75) is 18.9 Å². The van der Waals surface area contributed by atoms with Crippen molar-refractivity contribution < 1.29 is 0 Å². The van der Waals surface area contributed by atoms with E-state index in [1.807, 2.05) is 12.1 Å². The van der Waals surface area contributed by atoms with Crippen LogP contribution in [-0.2, 0) is 0 Å². The standard InChI is InChI=1S/C9H13N3/c10-7-3-5-12-9(6-7)8-2-1-4-11-8/h3,5-6,8,11H,1-2,4H2,(H2,10,12)/t8-/m1/s1. The molecular formula is C9H13N3. The fourth-order valence-electron chi connectivity index (χ4n) is 1.59. The molecule has 0 spiro atoms. The molecule has 2 rings (SSSR count). The summed E-state index contributed by atoms with van der Waals surface area (Å²) in [4.78, 5) is 4.28. The predicted octanol–water partition coefficient (Wildman–Crippen LogP) is 1.09. The number of hydrogen-bond acceptors (Lipinski definition) is 3. The van der Waals surface area contributed by atoms with E-state index in [0.717, 1.165) is 17.9 Å². The number of hydrogen-bond donors (Lipinski definition) is 2. The van der Waals surface area contributed by atoms with E-state index in [4.69, 9.17) is 5.73 Å². The van der Waals surface area contributed by atoms with Crippen molar-refractivity contribution in [3.63, 3.8) is 0 Å². The van der Waals surface area contributed by atoms with Crippen LogP contribution in [0, 0.1) is 0 Å². The van der Waals surface area contributed by atoms with E-state index >= 15 is 0 Å². The van der Waals surface area contributed by atoms with Gasteiger partial charge < -0.3 is 11.1 Å². The summed E-state index contributed by atoms with van der Waals surface area (Å²) < 4.78 is 0. The largest absolute Gasteiger partial charge is 0.399 e. The summed E-state index contributed by atoms with van der Waals surface area (Å²) in [6.07, 6.45) is 4.18. The van der Waals surface area contributed by atoms with E-state index < -0.39 is 0 Å². The molecule has 1 aromatic heterocycles. The normalized spacial score (nSPS) is 22.8. The van der Waals surface area contributed by atoms with Crippen molar-refractivity contribution in [1.82, 2.24) is 10.3 Å². The molecule has 12 heavy (non-hydrogen) atoms. The maximum absolute atomic E-state index is 5.66. The second-order valence-electron chi connectivity index (χ2n) is 3.16. The molecule has 0 aromatic carbocycles. The molecule has 1 aliphatic rings. The highest BCUT2D eigenvalue weighted by atomic mass is 15.0. The Bertz CT molecular complexity index is 266. The van der Waals surface area contributed by atoms with E-state index in [2.05, 4.69) is 10.3 Å². The lowest BCUT2D eigenvalue weighted by Crippen LogP contribution is -2.14. The van der Waals surface area contributed by atoms with Gasteiger partial charge in [-0.25, -0.2) is 0 Å². The predicted molar refractivity (Wildman–Crippen MR) is 48.6 cm³/mol. The van der Waals surface area contributed by atoms with Gasteiger partial charge in [0.05, 0.1) is 5.69 Å². The van der Waals surface area contributed by atoms with Crippen LogP contribution in [0.4, 0.5) is 5.69 Å². The fraction of sp³-hybridized carbons (Fsp3) is 0.444. The molecule has 1 atom stereocenters. The van der Waals surface area contributed by atoms with Crippen LogP contribution < -0.4 is 11.1 Å². The Labute approximate surface area is 72.0 Å². The highest BCUT2D eigenvalue weighted by molar-refractivity contribution is 5.38. The number of pyridine rings is 1. The molecule has 3 heteroatoms. The number of rotatable bonds is 1. The molecule has 0 bridgehead atoms. The van der Waals surface area contributed by atoms with Crippen LogP contribution in [0.1, 0.15) is 24.6 Å². The third-order valence-corrected chi connectivity index (χ3v) is 2.22. The van der Waals surface area contributed by atoms with Crippen LogP contribution in [0.25, 0.3) is 0 Å². The van der Waals surface area contributed by atoms with Gasteiger partial charge in [-0.05, 0) is 31.5 Å². The van der Waals surface area contributed by atoms with Gasteiger partial charge in [0.1, 0.15) is 0 Å².